The Labute approximate surface area is 151 Å². The SMILES string of the molecule is CON=Cc1ccccc1OCc1ccccc1C(=NOC)C(=O)OC. The number of nitrogens with zero attached hydrogens (tertiary/aromatic N) is 2. The molecule has 7 nitrogen and oxygen atoms in total. The molecule has 0 atom stereocenters. The van der Waals surface area contributed by atoms with E-state index in [1.54, 1.807) is 18.3 Å². The van der Waals surface area contributed by atoms with Crippen LogP contribution in [0.4, 0.5) is 0 Å². The molecule has 0 spiro atoms. The van der Waals surface area contributed by atoms with Crippen LogP contribution in [0.5, 0.6) is 5.75 Å². The molecule has 0 fully saturated rings. The van der Waals surface area contributed by atoms with Crippen molar-refractivity contribution in [1.29, 1.82) is 0 Å². The van der Waals surface area contributed by atoms with Crippen molar-refractivity contribution in [2.45, 2.75) is 6.61 Å². The van der Waals surface area contributed by atoms with Gasteiger partial charge in [-0.05, 0) is 17.7 Å². The molecule has 0 amide bonds. The van der Waals surface area contributed by atoms with E-state index in [0.29, 0.717) is 11.3 Å². The number of oxime groups is 2. The Kier molecular flexibility index (Phi) is 7.17. The van der Waals surface area contributed by atoms with Gasteiger partial charge < -0.3 is 19.1 Å². The van der Waals surface area contributed by atoms with Crippen molar-refractivity contribution in [1.82, 2.24) is 0 Å². The predicted octanol–water partition coefficient (Wildman–Crippen LogP) is 2.77. The molecule has 7 heteroatoms. The fraction of sp³-hybridized carbons (Fsp3) is 0.211. The maximum atomic E-state index is 12.0. The second kappa shape index (κ2) is 9.83. The molecule has 0 radical (unpaired) electrons. The summed E-state index contributed by atoms with van der Waals surface area (Å²) >= 11 is 0. The zero-order valence-corrected chi connectivity index (χ0v) is 14.8. The van der Waals surface area contributed by atoms with Gasteiger partial charge in [0.05, 0.1) is 13.3 Å². The Morgan fingerprint density at radius 1 is 1.00 bits per heavy atom. The lowest BCUT2D eigenvalue weighted by atomic mass is 10.0. The number of hydrogen-bond donors (Lipinski definition) is 0. The van der Waals surface area contributed by atoms with Crippen LogP contribution in [-0.4, -0.2) is 39.2 Å². The zero-order valence-electron chi connectivity index (χ0n) is 14.8. The van der Waals surface area contributed by atoms with Gasteiger partial charge in [-0.3, -0.25) is 0 Å². The van der Waals surface area contributed by atoms with Crippen LogP contribution in [0.1, 0.15) is 16.7 Å². The number of para-hydroxylation sites is 1. The number of carbonyl (C=O) groups excluding carboxylic acids is 1. The minimum absolute atomic E-state index is 0.0726. The summed E-state index contributed by atoms with van der Waals surface area (Å²) in [6.07, 6.45) is 1.56. The summed E-state index contributed by atoms with van der Waals surface area (Å²) in [5, 5.41) is 7.55. The molecular weight excluding hydrogens is 336 g/mol. The van der Waals surface area contributed by atoms with Crippen molar-refractivity contribution < 1.29 is 23.9 Å². The van der Waals surface area contributed by atoms with Gasteiger partial charge in [-0.25, -0.2) is 4.79 Å². The highest BCUT2D eigenvalue weighted by atomic mass is 16.6. The van der Waals surface area contributed by atoms with Gasteiger partial charge in [0.2, 0.25) is 0 Å². The summed E-state index contributed by atoms with van der Waals surface area (Å²) in [4.78, 5) is 21.5. The van der Waals surface area contributed by atoms with Crippen molar-refractivity contribution in [3.05, 3.63) is 65.2 Å². The third-order valence-corrected chi connectivity index (χ3v) is 3.43. The van der Waals surface area contributed by atoms with Crippen LogP contribution in [0.15, 0.2) is 58.8 Å². The topological polar surface area (TPSA) is 78.7 Å². The number of ether oxygens (including phenoxy) is 2. The van der Waals surface area contributed by atoms with Crippen LogP contribution in [0, 0.1) is 0 Å². The van der Waals surface area contributed by atoms with E-state index in [-0.39, 0.29) is 12.3 Å². The second-order valence-electron chi connectivity index (χ2n) is 5.01. The van der Waals surface area contributed by atoms with Gasteiger partial charge >= 0.3 is 5.97 Å². The Bertz CT molecular complexity index is 802. The monoisotopic (exact) mass is 356 g/mol. The van der Waals surface area contributed by atoms with E-state index in [4.69, 9.17) is 19.1 Å². The van der Waals surface area contributed by atoms with Crippen molar-refractivity contribution in [2.24, 2.45) is 10.3 Å². The van der Waals surface area contributed by atoms with E-state index >= 15 is 0 Å². The molecule has 0 N–H and O–H groups in total. The van der Waals surface area contributed by atoms with Crippen molar-refractivity contribution in [3.63, 3.8) is 0 Å². The quantitative estimate of drug-likeness (QED) is 0.413. The Balaban J connectivity index is 2.28. The number of hydrogen-bond acceptors (Lipinski definition) is 7. The summed E-state index contributed by atoms with van der Waals surface area (Å²) in [5.74, 6) is 0.0401. The molecule has 0 saturated carbocycles. The number of esters is 1. The fourth-order valence-electron chi connectivity index (χ4n) is 2.25. The number of methoxy groups -OCH3 is 1. The lowest BCUT2D eigenvalue weighted by Crippen LogP contribution is -2.19. The smallest absolute Gasteiger partial charge is 0.360 e. The van der Waals surface area contributed by atoms with Crippen LogP contribution in [0.2, 0.25) is 0 Å². The van der Waals surface area contributed by atoms with Gasteiger partial charge in [-0.1, -0.05) is 46.7 Å². The molecule has 0 aliphatic carbocycles. The summed E-state index contributed by atoms with van der Waals surface area (Å²) in [6.45, 7) is 0.216. The lowest BCUT2D eigenvalue weighted by molar-refractivity contribution is -0.132. The summed E-state index contributed by atoms with van der Waals surface area (Å²) in [6, 6.07) is 14.7. The Morgan fingerprint density at radius 3 is 2.46 bits per heavy atom. The van der Waals surface area contributed by atoms with E-state index in [9.17, 15) is 4.79 Å². The van der Waals surface area contributed by atoms with Crippen LogP contribution >= 0.6 is 0 Å². The first kappa shape index (κ1) is 19.0. The number of rotatable bonds is 8. The fourth-order valence-corrected chi connectivity index (χ4v) is 2.25. The maximum absolute atomic E-state index is 12.0. The second-order valence-corrected chi connectivity index (χ2v) is 5.01. The van der Waals surface area contributed by atoms with Gasteiger partial charge in [0.15, 0.2) is 5.71 Å². The lowest BCUT2D eigenvalue weighted by Gasteiger charge is -2.13. The number of carbonyl (C=O) groups is 1. The van der Waals surface area contributed by atoms with Crippen LogP contribution < -0.4 is 4.74 Å². The molecule has 136 valence electrons. The molecule has 0 saturated heterocycles. The van der Waals surface area contributed by atoms with Crippen molar-refractivity contribution >= 4 is 17.9 Å². The van der Waals surface area contributed by atoms with E-state index in [0.717, 1.165) is 11.1 Å². The van der Waals surface area contributed by atoms with E-state index < -0.39 is 5.97 Å². The molecule has 0 unspecified atom stereocenters. The molecule has 2 aromatic carbocycles. The summed E-state index contributed by atoms with van der Waals surface area (Å²) < 4.78 is 10.7. The van der Waals surface area contributed by atoms with Gasteiger partial charge in [0.25, 0.3) is 0 Å². The van der Waals surface area contributed by atoms with Gasteiger partial charge in [0, 0.05) is 11.1 Å². The summed E-state index contributed by atoms with van der Waals surface area (Å²) in [5.41, 5.74) is 2.17. The molecule has 0 aromatic heterocycles. The maximum Gasteiger partial charge on any atom is 0.360 e. The minimum Gasteiger partial charge on any atom is -0.488 e. The van der Waals surface area contributed by atoms with Crippen LogP contribution in [-0.2, 0) is 25.8 Å². The van der Waals surface area contributed by atoms with E-state index in [2.05, 4.69) is 10.3 Å². The Morgan fingerprint density at radius 2 is 1.73 bits per heavy atom. The average molecular weight is 356 g/mol. The third-order valence-electron chi connectivity index (χ3n) is 3.43. The van der Waals surface area contributed by atoms with Gasteiger partial charge in [-0.2, -0.15) is 0 Å². The first-order chi connectivity index (χ1) is 12.7. The Hall–Kier alpha value is -3.35. The van der Waals surface area contributed by atoms with Crippen LogP contribution in [0.25, 0.3) is 0 Å². The van der Waals surface area contributed by atoms with Crippen LogP contribution in [0.3, 0.4) is 0 Å². The molecule has 0 aliphatic heterocycles. The molecular formula is C19H20N2O5. The minimum atomic E-state index is -0.591. The van der Waals surface area contributed by atoms with Crippen molar-refractivity contribution in [2.75, 3.05) is 21.3 Å². The highest BCUT2D eigenvalue weighted by molar-refractivity contribution is 6.43. The van der Waals surface area contributed by atoms with E-state index in [1.807, 2.05) is 36.4 Å². The molecule has 26 heavy (non-hydrogen) atoms. The molecule has 2 aromatic rings. The normalized spacial score (nSPS) is 11.3. The van der Waals surface area contributed by atoms with Gasteiger partial charge in [-0.15, -0.1) is 0 Å². The zero-order chi connectivity index (χ0) is 18.8. The number of benzene rings is 2. The van der Waals surface area contributed by atoms with E-state index in [1.165, 1.54) is 21.3 Å². The highest BCUT2D eigenvalue weighted by Crippen LogP contribution is 2.20. The first-order valence-corrected chi connectivity index (χ1v) is 7.77. The third kappa shape index (κ3) is 4.83. The van der Waals surface area contributed by atoms with Crippen molar-refractivity contribution in [3.8, 4) is 5.75 Å². The highest BCUT2D eigenvalue weighted by Gasteiger charge is 2.19. The molecule has 0 aliphatic rings. The molecule has 0 heterocycles. The van der Waals surface area contributed by atoms with Gasteiger partial charge in [0.1, 0.15) is 26.6 Å². The first-order valence-electron chi connectivity index (χ1n) is 7.77. The predicted molar refractivity (Wildman–Crippen MR) is 97.4 cm³/mol. The standard InChI is InChI=1S/C19H20N2O5/c1-23-19(22)18(21-25-3)16-10-6-4-9-15(16)13-26-17-11-7-5-8-14(17)12-20-24-2/h4-12H,13H2,1-3H3. The summed E-state index contributed by atoms with van der Waals surface area (Å²) in [7, 11) is 4.13. The largest absolute Gasteiger partial charge is 0.488 e. The molecule has 2 rings (SSSR count). The average Bonchev–Trinajstić information content (AvgIpc) is 2.69. The molecule has 0 bridgehead atoms.